The second kappa shape index (κ2) is 12.5. The first-order valence-electron chi connectivity index (χ1n) is 19.5. The van der Waals surface area contributed by atoms with Crippen molar-refractivity contribution in [2.75, 3.05) is 0 Å². The molecule has 0 saturated carbocycles. The van der Waals surface area contributed by atoms with Gasteiger partial charge in [-0.05, 0) is 88.5 Å². The van der Waals surface area contributed by atoms with Crippen molar-refractivity contribution in [2.24, 2.45) is 0 Å². The molecule has 9 aromatic carbocycles. The summed E-state index contributed by atoms with van der Waals surface area (Å²) in [5, 5.41) is 7.13. The lowest BCUT2D eigenvalue weighted by Crippen LogP contribution is -1.96. The maximum absolute atomic E-state index is 6.88. The fourth-order valence-electron chi connectivity index (χ4n) is 9.21. The van der Waals surface area contributed by atoms with Gasteiger partial charge in [0.1, 0.15) is 11.2 Å². The summed E-state index contributed by atoms with van der Waals surface area (Å²) in [6.07, 6.45) is 0. The molecule has 0 unspecified atom stereocenters. The monoisotopic (exact) mass is 726 g/mol. The molecule has 12 rings (SSSR count). The summed E-state index contributed by atoms with van der Waals surface area (Å²) in [6.45, 7) is 0. The van der Waals surface area contributed by atoms with E-state index in [1.165, 1.54) is 54.8 Å². The lowest BCUT2D eigenvalue weighted by molar-refractivity contribution is 0.670. The standard InChI is InChI=1S/C54H34N2O/c1-3-15-35(16-4-1)39-19-7-8-20-40(39)44-30-32-50(53-45-23-11-14-26-52(45)57-54(44)53)56-48-25-13-9-21-41(48)43-29-27-37(34-51(43)56)36-28-31-49-46(33-36)42-22-10-12-24-47(42)55(49)38-17-5-2-6-18-38/h1-34H. The number of hydrogen-bond donors (Lipinski definition) is 0. The van der Waals surface area contributed by atoms with Crippen LogP contribution < -0.4 is 0 Å². The Morgan fingerprint density at radius 3 is 1.70 bits per heavy atom. The highest BCUT2D eigenvalue weighted by Crippen LogP contribution is 2.45. The third-order valence-corrected chi connectivity index (χ3v) is 11.7. The molecule has 0 fully saturated rings. The molecular formula is C54H34N2O. The van der Waals surface area contributed by atoms with Gasteiger partial charge in [-0.25, -0.2) is 0 Å². The van der Waals surface area contributed by atoms with Gasteiger partial charge >= 0.3 is 0 Å². The van der Waals surface area contributed by atoms with E-state index in [-0.39, 0.29) is 0 Å². The molecule has 0 aliphatic rings. The van der Waals surface area contributed by atoms with Gasteiger partial charge in [0.05, 0.1) is 33.1 Å². The van der Waals surface area contributed by atoms with Crippen LogP contribution in [0.25, 0.3) is 110 Å². The van der Waals surface area contributed by atoms with Crippen molar-refractivity contribution in [3.63, 3.8) is 0 Å². The number of furan rings is 1. The van der Waals surface area contributed by atoms with Crippen molar-refractivity contribution in [1.82, 2.24) is 9.13 Å². The fraction of sp³-hybridized carbons (Fsp3) is 0. The lowest BCUT2D eigenvalue weighted by Gasteiger charge is -2.15. The van der Waals surface area contributed by atoms with Gasteiger partial charge in [-0.1, -0.05) is 146 Å². The summed E-state index contributed by atoms with van der Waals surface area (Å²) in [7, 11) is 0. The maximum Gasteiger partial charge on any atom is 0.145 e. The summed E-state index contributed by atoms with van der Waals surface area (Å²) in [6, 6.07) is 74.3. The number of hydrogen-bond acceptors (Lipinski definition) is 1. The molecule has 0 bridgehead atoms. The van der Waals surface area contributed by atoms with E-state index in [9.17, 15) is 0 Å². The predicted octanol–water partition coefficient (Wildman–Crippen LogP) is 14.8. The number of para-hydroxylation sites is 4. The number of rotatable bonds is 5. The third kappa shape index (κ3) is 4.79. The highest BCUT2D eigenvalue weighted by atomic mass is 16.3. The normalized spacial score (nSPS) is 11.9. The molecule has 0 aliphatic carbocycles. The molecule has 12 aromatic rings. The van der Waals surface area contributed by atoms with E-state index in [1.54, 1.807) is 0 Å². The van der Waals surface area contributed by atoms with Crippen LogP contribution in [0.2, 0.25) is 0 Å². The Morgan fingerprint density at radius 1 is 0.316 bits per heavy atom. The minimum absolute atomic E-state index is 0.878. The molecule has 0 radical (unpaired) electrons. The van der Waals surface area contributed by atoms with E-state index in [1.807, 2.05) is 0 Å². The zero-order chi connectivity index (χ0) is 37.5. The van der Waals surface area contributed by atoms with Crippen LogP contribution in [-0.2, 0) is 0 Å². The molecule has 266 valence electrons. The van der Waals surface area contributed by atoms with Crippen LogP contribution in [0, 0.1) is 0 Å². The van der Waals surface area contributed by atoms with Crippen LogP contribution in [0.3, 0.4) is 0 Å². The molecule has 0 saturated heterocycles. The van der Waals surface area contributed by atoms with Gasteiger partial charge in [0.25, 0.3) is 0 Å². The lowest BCUT2D eigenvalue weighted by atomic mass is 9.93. The molecule has 57 heavy (non-hydrogen) atoms. The van der Waals surface area contributed by atoms with Gasteiger partial charge in [0.2, 0.25) is 0 Å². The topological polar surface area (TPSA) is 23.0 Å². The van der Waals surface area contributed by atoms with Crippen molar-refractivity contribution in [3.8, 4) is 44.8 Å². The van der Waals surface area contributed by atoms with E-state index in [4.69, 9.17) is 4.42 Å². The largest absolute Gasteiger partial charge is 0.455 e. The first-order chi connectivity index (χ1) is 28.3. The summed E-state index contributed by atoms with van der Waals surface area (Å²) >= 11 is 0. The Balaban J connectivity index is 1.10. The number of nitrogens with zero attached hydrogens (tertiary/aromatic N) is 2. The molecule has 0 aliphatic heterocycles. The van der Waals surface area contributed by atoms with E-state index in [0.717, 1.165) is 55.5 Å². The molecular weight excluding hydrogens is 693 g/mol. The highest BCUT2D eigenvalue weighted by Gasteiger charge is 2.22. The Kier molecular flexibility index (Phi) is 6.93. The van der Waals surface area contributed by atoms with Crippen molar-refractivity contribution < 1.29 is 4.42 Å². The highest BCUT2D eigenvalue weighted by molar-refractivity contribution is 6.18. The predicted molar refractivity (Wildman–Crippen MR) is 239 cm³/mol. The SMILES string of the molecule is c1ccc(-c2ccccc2-c2ccc(-n3c4ccccc4c4ccc(-c5ccc6c(c5)c5ccccc5n6-c5ccccc5)cc43)c3c2oc2ccccc23)cc1. The minimum atomic E-state index is 0.878. The maximum atomic E-state index is 6.88. The Hall–Kier alpha value is -7.62. The van der Waals surface area contributed by atoms with E-state index in [2.05, 4.69) is 215 Å². The Bertz CT molecular complexity index is 3510. The van der Waals surface area contributed by atoms with Crippen LogP contribution in [0.15, 0.2) is 211 Å². The number of fused-ring (bicyclic) bond motifs is 9. The molecule has 3 heteroatoms. The first-order valence-corrected chi connectivity index (χ1v) is 19.5. The molecule has 0 spiro atoms. The Morgan fingerprint density at radius 2 is 0.895 bits per heavy atom. The minimum Gasteiger partial charge on any atom is -0.455 e. The van der Waals surface area contributed by atoms with E-state index >= 15 is 0 Å². The van der Waals surface area contributed by atoms with E-state index < -0.39 is 0 Å². The molecule has 0 N–H and O–H groups in total. The van der Waals surface area contributed by atoms with Crippen LogP contribution >= 0.6 is 0 Å². The fourth-order valence-corrected chi connectivity index (χ4v) is 9.21. The van der Waals surface area contributed by atoms with E-state index in [0.29, 0.717) is 0 Å². The summed E-state index contributed by atoms with van der Waals surface area (Å²) < 4.78 is 11.7. The smallest absolute Gasteiger partial charge is 0.145 e. The molecule has 0 atom stereocenters. The first kappa shape index (κ1) is 31.7. The average molecular weight is 727 g/mol. The second-order valence-electron chi connectivity index (χ2n) is 14.9. The second-order valence-corrected chi connectivity index (χ2v) is 14.9. The molecule has 3 nitrogen and oxygen atoms in total. The molecule has 0 amide bonds. The van der Waals surface area contributed by atoms with Gasteiger partial charge in [-0.2, -0.15) is 0 Å². The van der Waals surface area contributed by atoms with Gasteiger partial charge in [-0.15, -0.1) is 0 Å². The van der Waals surface area contributed by atoms with Gasteiger partial charge in [0, 0.05) is 38.2 Å². The van der Waals surface area contributed by atoms with Crippen molar-refractivity contribution in [2.45, 2.75) is 0 Å². The zero-order valence-corrected chi connectivity index (χ0v) is 30.9. The molecule has 3 aromatic heterocycles. The quantitative estimate of drug-likeness (QED) is 0.173. The van der Waals surface area contributed by atoms with Gasteiger partial charge in [0.15, 0.2) is 0 Å². The van der Waals surface area contributed by atoms with Crippen LogP contribution in [-0.4, -0.2) is 9.13 Å². The average Bonchev–Trinajstić information content (AvgIpc) is 3.94. The van der Waals surface area contributed by atoms with Crippen LogP contribution in [0.1, 0.15) is 0 Å². The Labute approximate surface area is 328 Å². The van der Waals surface area contributed by atoms with Crippen molar-refractivity contribution in [1.29, 1.82) is 0 Å². The van der Waals surface area contributed by atoms with Crippen LogP contribution in [0.5, 0.6) is 0 Å². The van der Waals surface area contributed by atoms with Crippen molar-refractivity contribution >= 4 is 65.6 Å². The zero-order valence-electron chi connectivity index (χ0n) is 30.9. The van der Waals surface area contributed by atoms with Gasteiger partial charge < -0.3 is 13.6 Å². The van der Waals surface area contributed by atoms with Gasteiger partial charge in [-0.3, -0.25) is 0 Å². The number of benzene rings is 9. The number of aromatic nitrogens is 2. The molecule has 3 heterocycles. The summed E-state index contributed by atoms with van der Waals surface area (Å²) in [5.41, 5.74) is 15.7. The third-order valence-electron chi connectivity index (χ3n) is 11.7. The van der Waals surface area contributed by atoms with Crippen molar-refractivity contribution in [3.05, 3.63) is 206 Å². The summed E-state index contributed by atoms with van der Waals surface area (Å²) in [5.74, 6) is 0. The summed E-state index contributed by atoms with van der Waals surface area (Å²) in [4.78, 5) is 0. The van der Waals surface area contributed by atoms with Crippen LogP contribution in [0.4, 0.5) is 0 Å².